The first-order valence-corrected chi connectivity index (χ1v) is 8.82. The van der Waals surface area contributed by atoms with E-state index in [-0.39, 0.29) is 17.5 Å². The number of ketones is 1. The summed E-state index contributed by atoms with van der Waals surface area (Å²) in [7, 11) is 0. The van der Waals surface area contributed by atoms with Gasteiger partial charge in [0, 0.05) is 23.1 Å². The van der Waals surface area contributed by atoms with Crippen molar-refractivity contribution in [1.29, 1.82) is 0 Å². The number of benzene rings is 2. The molecule has 0 radical (unpaired) electrons. The number of carbonyl (C=O) groups is 2. The number of hydrogen-bond acceptors (Lipinski definition) is 5. The van der Waals surface area contributed by atoms with E-state index in [0.717, 1.165) is 17.5 Å². The molecule has 5 nitrogen and oxygen atoms in total. The van der Waals surface area contributed by atoms with Gasteiger partial charge in [0.25, 0.3) is 0 Å². The van der Waals surface area contributed by atoms with Gasteiger partial charge in [0.15, 0.2) is 5.78 Å². The van der Waals surface area contributed by atoms with Gasteiger partial charge in [0.2, 0.25) is 0 Å². The highest BCUT2D eigenvalue weighted by atomic mass is 16.5. The number of fused-ring (bicyclic) bond motifs is 2. The van der Waals surface area contributed by atoms with E-state index >= 15 is 0 Å². The number of rotatable bonds is 5. The van der Waals surface area contributed by atoms with E-state index in [1.165, 1.54) is 6.92 Å². The van der Waals surface area contributed by atoms with E-state index in [1.54, 1.807) is 31.2 Å². The summed E-state index contributed by atoms with van der Waals surface area (Å²) in [5, 5.41) is 10.5. The molecule has 0 saturated carbocycles. The zero-order valence-electron chi connectivity index (χ0n) is 15.2. The second-order valence-corrected chi connectivity index (χ2v) is 6.37. The number of ether oxygens (including phenoxy) is 2. The van der Waals surface area contributed by atoms with Crippen LogP contribution in [0.3, 0.4) is 0 Å². The van der Waals surface area contributed by atoms with Crippen molar-refractivity contribution in [1.82, 2.24) is 0 Å². The number of aromatic hydroxyl groups is 1. The van der Waals surface area contributed by atoms with Crippen molar-refractivity contribution in [3.8, 4) is 17.2 Å². The molecule has 2 aromatic rings. The van der Waals surface area contributed by atoms with E-state index in [2.05, 4.69) is 0 Å². The predicted octanol–water partition coefficient (Wildman–Crippen LogP) is 4.42. The molecule has 1 heterocycles. The van der Waals surface area contributed by atoms with Gasteiger partial charge in [-0.1, -0.05) is 13.3 Å². The molecule has 0 spiro atoms. The SMILES string of the molecule is CCCc1c(O)c(C(C)=O)cc2c1Oc1ccc(C(=O)OCC)cc1C2. The number of phenols is 1. The normalized spacial score (nSPS) is 12.0. The van der Waals surface area contributed by atoms with Gasteiger partial charge in [0.1, 0.15) is 17.2 Å². The van der Waals surface area contributed by atoms with Gasteiger partial charge in [-0.3, -0.25) is 4.79 Å². The van der Waals surface area contributed by atoms with Crippen molar-refractivity contribution in [3.63, 3.8) is 0 Å². The number of carbonyl (C=O) groups excluding carboxylic acids is 2. The van der Waals surface area contributed by atoms with Crippen molar-refractivity contribution >= 4 is 11.8 Å². The minimum atomic E-state index is -0.372. The molecule has 2 aromatic carbocycles. The zero-order chi connectivity index (χ0) is 18.8. The van der Waals surface area contributed by atoms with Crippen LogP contribution in [0.15, 0.2) is 24.3 Å². The highest BCUT2D eigenvalue weighted by Gasteiger charge is 2.26. The largest absolute Gasteiger partial charge is 0.507 e. The molecule has 0 unspecified atom stereocenters. The molecule has 5 heteroatoms. The molecule has 0 fully saturated rings. The van der Waals surface area contributed by atoms with Crippen LogP contribution < -0.4 is 4.74 Å². The van der Waals surface area contributed by atoms with Crippen molar-refractivity contribution in [2.24, 2.45) is 0 Å². The Hall–Kier alpha value is -2.82. The first-order chi connectivity index (χ1) is 12.5. The molecule has 0 aromatic heterocycles. The zero-order valence-corrected chi connectivity index (χ0v) is 15.2. The molecule has 1 aliphatic heterocycles. The Morgan fingerprint density at radius 3 is 2.62 bits per heavy atom. The molecule has 0 atom stereocenters. The fourth-order valence-electron chi connectivity index (χ4n) is 3.25. The molecule has 0 saturated heterocycles. The standard InChI is InChI=1S/C21H22O5/c1-4-6-16-19(23)17(12(3)22)11-15-10-14-9-13(21(24)25-5-2)7-8-18(14)26-20(15)16/h7-9,11,23H,4-6,10H2,1-3H3. The van der Waals surface area contributed by atoms with Crippen LogP contribution in [0.25, 0.3) is 0 Å². The van der Waals surface area contributed by atoms with Crippen LogP contribution in [0.2, 0.25) is 0 Å². The van der Waals surface area contributed by atoms with Crippen LogP contribution in [-0.4, -0.2) is 23.5 Å². The maximum absolute atomic E-state index is 12.0. The lowest BCUT2D eigenvalue weighted by atomic mass is 9.91. The molecule has 0 amide bonds. The molecule has 3 rings (SSSR count). The maximum atomic E-state index is 12.0. The lowest BCUT2D eigenvalue weighted by Crippen LogP contribution is -2.11. The Balaban J connectivity index is 2.06. The fourth-order valence-corrected chi connectivity index (χ4v) is 3.25. The summed E-state index contributed by atoms with van der Waals surface area (Å²) in [5.74, 6) is 0.713. The third-order valence-corrected chi connectivity index (χ3v) is 4.47. The van der Waals surface area contributed by atoms with E-state index in [1.807, 2.05) is 6.92 Å². The number of phenolic OH excluding ortho intramolecular Hbond substituents is 1. The summed E-state index contributed by atoms with van der Waals surface area (Å²) >= 11 is 0. The average Bonchev–Trinajstić information content (AvgIpc) is 2.62. The van der Waals surface area contributed by atoms with Gasteiger partial charge in [0.05, 0.1) is 17.7 Å². The van der Waals surface area contributed by atoms with Crippen LogP contribution in [0.5, 0.6) is 17.2 Å². The number of hydrogen-bond donors (Lipinski definition) is 1. The van der Waals surface area contributed by atoms with Crippen LogP contribution in [0.4, 0.5) is 0 Å². The van der Waals surface area contributed by atoms with Crippen LogP contribution in [-0.2, 0) is 17.6 Å². The Morgan fingerprint density at radius 2 is 1.96 bits per heavy atom. The van der Waals surface area contributed by atoms with Gasteiger partial charge >= 0.3 is 5.97 Å². The van der Waals surface area contributed by atoms with Crippen LogP contribution >= 0.6 is 0 Å². The van der Waals surface area contributed by atoms with Gasteiger partial charge in [-0.05, 0) is 44.5 Å². The summed E-state index contributed by atoms with van der Waals surface area (Å²) in [6.07, 6.45) is 1.96. The number of Topliss-reactive ketones (excluding diaryl/α,β-unsaturated/α-hetero) is 1. The topological polar surface area (TPSA) is 72.8 Å². The molecular formula is C21H22O5. The van der Waals surface area contributed by atoms with Crippen molar-refractivity contribution in [2.75, 3.05) is 6.61 Å². The molecule has 26 heavy (non-hydrogen) atoms. The van der Waals surface area contributed by atoms with Gasteiger partial charge in [-0.2, -0.15) is 0 Å². The highest BCUT2D eigenvalue weighted by molar-refractivity contribution is 5.98. The lowest BCUT2D eigenvalue weighted by molar-refractivity contribution is 0.0526. The second kappa shape index (κ2) is 7.20. The smallest absolute Gasteiger partial charge is 0.338 e. The Bertz CT molecular complexity index is 882. The monoisotopic (exact) mass is 354 g/mol. The van der Waals surface area contributed by atoms with E-state index in [4.69, 9.17) is 9.47 Å². The molecule has 0 bridgehead atoms. The van der Waals surface area contributed by atoms with E-state index < -0.39 is 0 Å². The molecule has 0 aliphatic carbocycles. The van der Waals surface area contributed by atoms with Crippen LogP contribution in [0, 0.1) is 0 Å². The molecule has 1 N–H and O–H groups in total. The summed E-state index contributed by atoms with van der Waals surface area (Å²) in [5.41, 5.74) is 3.13. The van der Waals surface area contributed by atoms with Gasteiger partial charge < -0.3 is 14.6 Å². The third kappa shape index (κ3) is 3.17. The molecule has 1 aliphatic rings. The van der Waals surface area contributed by atoms with E-state index in [0.29, 0.717) is 47.6 Å². The molecular weight excluding hydrogens is 332 g/mol. The first-order valence-electron chi connectivity index (χ1n) is 8.82. The first kappa shape index (κ1) is 18.0. The average molecular weight is 354 g/mol. The van der Waals surface area contributed by atoms with Crippen LogP contribution in [0.1, 0.15) is 64.6 Å². The van der Waals surface area contributed by atoms with Crippen molar-refractivity contribution < 1.29 is 24.2 Å². The minimum Gasteiger partial charge on any atom is -0.507 e. The summed E-state index contributed by atoms with van der Waals surface area (Å²) in [4.78, 5) is 23.9. The fraction of sp³-hybridized carbons (Fsp3) is 0.333. The predicted molar refractivity (Wildman–Crippen MR) is 97.4 cm³/mol. The van der Waals surface area contributed by atoms with E-state index in [9.17, 15) is 14.7 Å². The summed E-state index contributed by atoms with van der Waals surface area (Å²) < 4.78 is 11.1. The van der Waals surface area contributed by atoms with Crippen molar-refractivity contribution in [2.45, 2.75) is 40.0 Å². The van der Waals surface area contributed by atoms with Crippen molar-refractivity contribution in [3.05, 3.63) is 52.1 Å². The summed E-state index contributed by atoms with van der Waals surface area (Å²) in [6, 6.07) is 6.86. The Labute approximate surface area is 152 Å². The minimum absolute atomic E-state index is 0.00435. The third-order valence-electron chi connectivity index (χ3n) is 4.47. The van der Waals surface area contributed by atoms with Gasteiger partial charge in [-0.15, -0.1) is 0 Å². The number of esters is 1. The maximum Gasteiger partial charge on any atom is 0.338 e. The Morgan fingerprint density at radius 1 is 1.19 bits per heavy atom. The summed E-state index contributed by atoms with van der Waals surface area (Å²) in [6.45, 7) is 5.53. The van der Waals surface area contributed by atoms with Gasteiger partial charge in [-0.25, -0.2) is 4.79 Å². The lowest BCUT2D eigenvalue weighted by Gasteiger charge is -2.25. The Kier molecular flexibility index (Phi) is 4.98. The quantitative estimate of drug-likeness (QED) is 0.542. The highest BCUT2D eigenvalue weighted by Crippen LogP contribution is 2.44. The second-order valence-electron chi connectivity index (χ2n) is 6.37. The molecule has 136 valence electrons.